The predicted octanol–water partition coefficient (Wildman–Crippen LogP) is 2.85. The first-order valence-corrected chi connectivity index (χ1v) is 7.15. The molecule has 2 atom stereocenters. The van der Waals surface area contributed by atoms with E-state index in [-0.39, 0.29) is 10.8 Å². The van der Waals surface area contributed by atoms with E-state index in [9.17, 15) is 0 Å². The molecule has 0 bridgehead atoms. The summed E-state index contributed by atoms with van der Waals surface area (Å²) in [6.07, 6.45) is 3.47. The second-order valence-corrected chi connectivity index (χ2v) is 6.56. The standard InChI is InChI=1S/C14H21NOS/c1-14(7-4-8-17-14)13(15)10-11-5-3-6-12(9-11)16-2/h3,5-6,9,13H,4,7-8,10,15H2,1-2H3. The van der Waals surface area contributed by atoms with Gasteiger partial charge in [0.15, 0.2) is 0 Å². The highest BCUT2D eigenvalue weighted by atomic mass is 32.2. The summed E-state index contributed by atoms with van der Waals surface area (Å²) in [4.78, 5) is 0. The van der Waals surface area contributed by atoms with Crippen LogP contribution in [0.4, 0.5) is 0 Å². The summed E-state index contributed by atoms with van der Waals surface area (Å²) in [6.45, 7) is 2.30. The molecule has 0 spiro atoms. The summed E-state index contributed by atoms with van der Waals surface area (Å²) >= 11 is 2.03. The zero-order valence-electron chi connectivity index (χ0n) is 10.6. The SMILES string of the molecule is COc1cccc(CC(N)C2(C)CCCS2)c1. The first-order chi connectivity index (χ1) is 8.14. The molecule has 1 fully saturated rings. The highest BCUT2D eigenvalue weighted by Crippen LogP contribution is 2.40. The van der Waals surface area contributed by atoms with E-state index in [0.717, 1.165) is 12.2 Å². The van der Waals surface area contributed by atoms with Gasteiger partial charge >= 0.3 is 0 Å². The van der Waals surface area contributed by atoms with E-state index in [1.165, 1.54) is 24.2 Å². The zero-order valence-corrected chi connectivity index (χ0v) is 11.4. The lowest BCUT2D eigenvalue weighted by Crippen LogP contribution is -2.42. The quantitative estimate of drug-likeness (QED) is 0.893. The number of hydrogen-bond donors (Lipinski definition) is 1. The molecule has 1 aliphatic heterocycles. The summed E-state index contributed by atoms with van der Waals surface area (Å²) < 4.78 is 5.49. The van der Waals surface area contributed by atoms with Gasteiger partial charge in [0, 0.05) is 10.8 Å². The van der Waals surface area contributed by atoms with Crippen molar-refractivity contribution in [1.29, 1.82) is 0 Å². The number of nitrogens with two attached hydrogens (primary N) is 1. The van der Waals surface area contributed by atoms with Gasteiger partial charge in [0.05, 0.1) is 7.11 Å². The average Bonchev–Trinajstić information content (AvgIpc) is 2.78. The van der Waals surface area contributed by atoms with E-state index in [2.05, 4.69) is 19.1 Å². The second kappa shape index (κ2) is 5.32. The van der Waals surface area contributed by atoms with Crippen LogP contribution in [0.5, 0.6) is 5.75 Å². The van der Waals surface area contributed by atoms with Crippen LogP contribution >= 0.6 is 11.8 Å². The summed E-state index contributed by atoms with van der Waals surface area (Å²) in [5.41, 5.74) is 7.64. The molecule has 1 aromatic rings. The third-order valence-corrected chi connectivity index (χ3v) is 5.28. The predicted molar refractivity (Wildman–Crippen MR) is 74.8 cm³/mol. The Morgan fingerprint density at radius 1 is 1.53 bits per heavy atom. The molecular weight excluding hydrogens is 230 g/mol. The minimum absolute atomic E-state index is 0.224. The monoisotopic (exact) mass is 251 g/mol. The molecule has 2 nitrogen and oxygen atoms in total. The lowest BCUT2D eigenvalue weighted by Gasteiger charge is -2.30. The van der Waals surface area contributed by atoms with Gasteiger partial charge in [0.2, 0.25) is 0 Å². The number of thioether (sulfide) groups is 1. The molecule has 0 radical (unpaired) electrons. The minimum Gasteiger partial charge on any atom is -0.497 e. The summed E-state index contributed by atoms with van der Waals surface area (Å²) in [6, 6.07) is 8.45. The van der Waals surface area contributed by atoms with E-state index in [0.29, 0.717) is 0 Å². The lowest BCUT2D eigenvalue weighted by molar-refractivity contribution is 0.413. The molecule has 94 valence electrons. The number of rotatable bonds is 4. The van der Waals surface area contributed by atoms with Crippen molar-refractivity contribution in [3.05, 3.63) is 29.8 Å². The molecule has 0 amide bonds. The third-order valence-electron chi connectivity index (χ3n) is 3.62. The Hall–Kier alpha value is -0.670. The van der Waals surface area contributed by atoms with E-state index < -0.39 is 0 Å². The molecule has 3 heteroatoms. The van der Waals surface area contributed by atoms with Crippen molar-refractivity contribution in [2.24, 2.45) is 5.73 Å². The summed E-state index contributed by atoms with van der Waals surface area (Å²) in [5, 5.41) is 0. The smallest absolute Gasteiger partial charge is 0.119 e. The first kappa shape index (κ1) is 12.8. The Bertz CT molecular complexity index is 374. The van der Waals surface area contributed by atoms with Crippen LogP contribution in [-0.2, 0) is 6.42 Å². The molecule has 2 N–H and O–H groups in total. The maximum atomic E-state index is 6.38. The Morgan fingerprint density at radius 3 is 3.00 bits per heavy atom. The molecule has 2 rings (SSSR count). The normalized spacial score (nSPS) is 25.8. The highest BCUT2D eigenvalue weighted by Gasteiger charge is 2.35. The summed E-state index contributed by atoms with van der Waals surface area (Å²) in [7, 11) is 1.70. The number of hydrogen-bond acceptors (Lipinski definition) is 3. The van der Waals surface area contributed by atoms with E-state index in [1.54, 1.807) is 7.11 Å². The van der Waals surface area contributed by atoms with Crippen molar-refractivity contribution >= 4 is 11.8 Å². The molecule has 2 unspecified atom stereocenters. The van der Waals surface area contributed by atoms with E-state index in [4.69, 9.17) is 10.5 Å². The van der Waals surface area contributed by atoms with Gasteiger partial charge in [0.25, 0.3) is 0 Å². The topological polar surface area (TPSA) is 35.2 Å². The summed E-state index contributed by atoms with van der Waals surface area (Å²) in [5.74, 6) is 2.17. The largest absolute Gasteiger partial charge is 0.497 e. The van der Waals surface area contributed by atoms with Crippen LogP contribution in [0, 0.1) is 0 Å². The number of benzene rings is 1. The van der Waals surface area contributed by atoms with Crippen LogP contribution in [0.2, 0.25) is 0 Å². The third kappa shape index (κ3) is 2.96. The number of methoxy groups -OCH3 is 1. The molecule has 0 aliphatic carbocycles. The van der Waals surface area contributed by atoms with Gasteiger partial charge in [-0.2, -0.15) is 11.8 Å². The maximum Gasteiger partial charge on any atom is 0.119 e. The van der Waals surface area contributed by atoms with E-state index >= 15 is 0 Å². The van der Waals surface area contributed by atoms with Crippen LogP contribution in [0.25, 0.3) is 0 Å². The van der Waals surface area contributed by atoms with Crippen molar-refractivity contribution in [1.82, 2.24) is 0 Å². The van der Waals surface area contributed by atoms with Gasteiger partial charge in [-0.1, -0.05) is 12.1 Å². The second-order valence-electron chi connectivity index (χ2n) is 4.93. The molecule has 1 saturated heterocycles. The maximum absolute atomic E-state index is 6.38. The highest BCUT2D eigenvalue weighted by molar-refractivity contribution is 8.00. The van der Waals surface area contributed by atoms with Crippen molar-refractivity contribution in [2.75, 3.05) is 12.9 Å². The van der Waals surface area contributed by atoms with Crippen molar-refractivity contribution in [2.45, 2.75) is 37.0 Å². The van der Waals surface area contributed by atoms with Gasteiger partial charge in [-0.3, -0.25) is 0 Å². The van der Waals surface area contributed by atoms with Gasteiger partial charge in [0.1, 0.15) is 5.75 Å². The van der Waals surface area contributed by atoms with Crippen LogP contribution in [-0.4, -0.2) is 23.7 Å². The van der Waals surface area contributed by atoms with Crippen LogP contribution in [0.1, 0.15) is 25.3 Å². The molecule has 0 saturated carbocycles. The van der Waals surface area contributed by atoms with Crippen LogP contribution < -0.4 is 10.5 Å². The van der Waals surface area contributed by atoms with Crippen molar-refractivity contribution < 1.29 is 4.74 Å². The van der Waals surface area contributed by atoms with Crippen LogP contribution in [0.15, 0.2) is 24.3 Å². The molecule has 17 heavy (non-hydrogen) atoms. The lowest BCUT2D eigenvalue weighted by atomic mass is 9.91. The Labute approximate surface area is 108 Å². The van der Waals surface area contributed by atoms with Gasteiger partial charge in [-0.25, -0.2) is 0 Å². The first-order valence-electron chi connectivity index (χ1n) is 6.16. The van der Waals surface area contributed by atoms with Crippen LogP contribution in [0.3, 0.4) is 0 Å². The fraction of sp³-hybridized carbons (Fsp3) is 0.571. The molecule has 1 aromatic carbocycles. The molecule has 1 heterocycles. The van der Waals surface area contributed by atoms with Gasteiger partial charge in [-0.05, 0) is 49.6 Å². The van der Waals surface area contributed by atoms with E-state index in [1.807, 2.05) is 23.9 Å². The van der Waals surface area contributed by atoms with Crippen molar-refractivity contribution in [3.8, 4) is 5.75 Å². The fourth-order valence-corrected chi connectivity index (χ4v) is 3.70. The minimum atomic E-state index is 0.224. The Balaban J connectivity index is 2.04. The zero-order chi connectivity index (χ0) is 12.3. The number of ether oxygens (including phenoxy) is 1. The van der Waals surface area contributed by atoms with Gasteiger partial charge in [-0.15, -0.1) is 0 Å². The van der Waals surface area contributed by atoms with Gasteiger partial charge < -0.3 is 10.5 Å². The molecule has 0 aromatic heterocycles. The van der Waals surface area contributed by atoms with Crippen molar-refractivity contribution in [3.63, 3.8) is 0 Å². The Morgan fingerprint density at radius 2 is 2.35 bits per heavy atom. The average molecular weight is 251 g/mol. The fourth-order valence-electron chi connectivity index (χ4n) is 2.36. The molecular formula is C14H21NOS. The molecule has 1 aliphatic rings. The Kier molecular flexibility index (Phi) is 4.00.